The standard InChI is InChI=1S/C20H24N2O4/c21-15-9-5-1-3-7-11-17-25-19(23)13-14-20(24)26-18-12-8-4-2-6-10-16-22/h1-6,9-10,13-14,17-18H2. The van der Waals surface area contributed by atoms with Crippen molar-refractivity contribution in [2.75, 3.05) is 13.2 Å². The molecule has 6 nitrogen and oxygen atoms in total. The average molecular weight is 356 g/mol. The molecular weight excluding hydrogens is 332 g/mol. The zero-order valence-electron chi connectivity index (χ0n) is 15.0. The lowest BCUT2D eigenvalue weighted by molar-refractivity contribution is -0.148. The van der Waals surface area contributed by atoms with Crippen molar-refractivity contribution in [1.29, 1.82) is 10.5 Å². The Morgan fingerprint density at radius 1 is 0.615 bits per heavy atom. The molecule has 0 aromatic heterocycles. The molecule has 0 rings (SSSR count). The van der Waals surface area contributed by atoms with Crippen molar-refractivity contribution >= 4 is 11.9 Å². The van der Waals surface area contributed by atoms with Gasteiger partial charge in [0.25, 0.3) is 0 Å². The minimum absolute atomic E-state index is 0.00338. The number of nitriles is 2. The van der Waals surface area contributed by atoms with E-state index in [1.807, 2.05) is 0 Å². The van der Waals surface area contributed by atoms with Gasteiger partial charge in [-0.05, 0) is 25.7 Å². The smallest absolute Gasteiger partial charge is 0.307 e. The Bertz CT molecular complexity index is 565. The summed E-state index contributed by atoms with van der Waals surface area (Å²) in [5.74, 6) is 10.2. The summed E-state index contributed by atoms with van der Waals surface area (Å²) in [6.45, 7) is 0.00676. The maximum atomic E-state index is 11.4. The highest BCUT2D eigenvalue weighted by Crippen LogP contribution is 1.98. The van der Waals surface area contributed by atoms with E-state index in [9.17, 15) is 9.59 Å². The van der Waals surface area contributed by atoms with Crippen LogP contribution in [-0.2, 0) is 19.1 Å². The summed E-state index contributed by atoms with van der Waals surface area (Å²) < 4.78 is 9.77. The molecule has 0 N–H and O–H groups in total. The number of esters is 2. The molecule has 0 amide bonds. The minimum Gasteiger partial charge on any atom is -0.452 e. The molecule has 0 aliphatic carbocycles. The van der Waals surface area contributed by atoms with Crippen LogP contribution in [0.1, 0.15) is 64.2 Å². The summed E-state index contributed by atoms with van der Waals surface area (Å²) in [5, 5.41) is 16.7. The zero-order valence-corrected chi connectivity index (χ0v) is 15.0. The van der Waals surface area contributed by atoms with Gasteiger partial charge in [-0.3, -0.25) is 9.59 Å². The van der Waals surface area contributed by atoms with Crippen LogP contribution in [0.5, 0.6) is 0 Å². The molecule has 0 aromatic carbocycles. The second-order valence-corrected chi connectivity index (χ2v) is 5.26. The molecule has 0 saturated carbocycles. The van der Waals surface area contributed by atoms with Crippen LogP contribution in [0.4, 0.5) is 0 Å². The van der Waals surface area contributed by atoms with Gasteiger partial charge in [-0.2, -0.15) is 10.5 Å². The highest BCUT2D eigenvalue weighted by molar-refractivity contribution is 5.77. The molecule has 0 aliphatic heterocycles. The van der Waals surface area contributed by atoms with E-state index in [4.69, 9.17) is 20.0 Å². The Balaban J connectivity index is 3.60. The molecule has 0 aromatic rings. The van der Waals surface area contributed by atoms with E-state index in [0.29, 0.717) is 25.7 Å². The fourth-order valence-electron chi connectivity index (χ4n) is 1.70. The summed E-state index contributed by atoms with van der Waals surface area (Å²) in [6.07, 6.45) is 5.63. The highest BCUT2D eigenvalue weighted by atomic mass is 16.5. The third kappa shape index (κ3) is 17.4. The van der Waals surface area contributed by atoms with Crippen molar-refractivity contribution in [2.24, 2.45) is 0 Å². The van der Waals surface area contributed by atoms with Gasteiger partial charge in [0.05, 0.1) is 25.0 Å². The second-order valence-electron chi connectivity index (χ2n) is 5.26. The fourth-order valence-corrected chi connectivity index (χ4v) is 1.70. The quantitative estimate of drug-likeness (QED) is 0.320. The number of carbonyl (C=O) groups is 2. The van der Waals surface area contributed by atoms with E-state index >= 15 is 0 Å². The van der Waals surface area contributed by atoms with Gasteiger partial charge < -0.3 is 9.47 Å². The molecule has 0 unspecified atom stereocenters. The van der Waals surface area contributed by atoms with Gasteiger partial charge in [-0.15, -0.1) is 0 Å². The van der Waals surface area contributed by atoms with Gasteiger partial charge in [0, 0.05) is 25.7 Å². The predicted octanol–water partition coefficient (Wildman–Crippen LogP) is 3.03. The summed E-state index contributed by atoms with van der Waals surface area (Å²) in [5.41, 5.74) is 0. The lowest BCUT2D eigenvalue weighted by atomic mass is 10.2. The molecule has 0 saturated heterocycles. The minimum atomic E-state index is -0.496. The van der Waals surface area contributed by atoms with Crippen molar-refractivity contribution in [3.63, 3.8) is 0 Å². The highest BCUT2D eigenvalue weighted by Gasteiger charge is 2.08. The molecule has 0 spiro atoms. The van der Waals surface area contributed by atoms with Crippen LogP contribution >= 0.6 is 0 Å². The molecule has 0 fully saturated rings. The summed E-state index contributed by atoms with van der Waals surface area (Å²) in [7, 11) is 0. The maximum Gasteiger partial charge on any atom is 0.307 e. The van der Waals surface area contributed by atoms with E-state index in [0.717, 1.165) is 25.7 Å². The molecular formula is C20H24N2O4. The SMILES string of the molecule is N#CCCCCC#CCOC(=O)CCC(=O)OCC#CCCCCC#N. The number of unbranched alkanes of at least 4 members (excludes halogenated alkanes) is 6. The maximum absolute atomic E-state index is 11.4. The van der Waals surface area contributed by atoms with Crippen LogP contribution < -0.4 is 0 Å². The van der Waals surface area contributed by atoms with Crippen molar-refractivity contribution in [3.8, 4) is 35.8 Å². The topological polar surface area (TPSA) is 100 Å². The van der Waals surface area contributed by atoms with Crippen molar-refractivity contribution < 1.29 is 19.1 Å². The van der Waals surface area contributed by atoms with E-state index < -0.39 is 11.9 Å². The molecule has 138 valence electrons. The van der Waals surface area contributed by atoms with Crippen LogP contribution in [0, 0.1) is 46.3 Å². The van der Waals surface area contributed by atoms with E-state index in [1.165, 1.54) is 0 Å². The number of hydrogen-bond acceptors (Lipinski definition) is 6. The molecule has 0 heterocycles. The molecule has 0 atom stereocenters. The second kappa shape index (κ2) is 18.4. The van der Waals surface area contributed by atoms with E-state index in [1.54, 1.807) is 0 Å². The molecule has 0 radical (unpaired) electrons. The van der Waals surface area contributed by atoms with Gasteiger partial charge in [0.15, 0.2) is 13.2 Å². The lowest BCUT2D eigenvalue weighted by Crippen LogP contribution is -2.10. The molecule has 6 heteroatoms. The van der Waals surface area contributed by atoms with Crippen molar-refractivity contribution in [3.05, 3.63) is 0 Å². The van der Waals surface area contributed by atoms with E-state index in [2.05, 4.69) is 35.8 Å². The first-order chi connectivity index (χ1) is 12.7. The third-order valence-electron chi connectivity index (χ3n) is 3.07. The van der Waals surface area contributed by atoms with Crippen LogP contribution in [-0.4, -0.2) is 25.2 Å². The Hall–Kier alpha value is -2.96. The monoisotopic (exact) mass is 356 g/mol. The third-order valence-corrected chi connectivity index (χ3v) is 3.07. The lowest BCUT2D eigenvalue weighted by Gasteiger charge is -2.01. The average Bonchev–Trinajstić information content (AvgIpc) is 2.64. The van der Waals surface area contributed by atoms with Crippen molar-refractivity contribution in [2.45, 2.75) is 64.2 Å². The zero-order chi connectivity index (χ0) is 19.3. The first kappa shape index (κ1) is 23.0. The fraction of sp³-hybridized carbons (Fsp3) is 0.600. The summed E-state index contributed by atoms with van der Waals surface area (Å²) >= 11 is 0. The number of hydrogen-bond donors (Lipinski definition) is 0. The largest absolute Gasteiger partial charge is 0.452 e. The van der Waals surface area contributed by atoms with Gasteiger partial charge in [-0.1, -0.05) is 23.7 Å². The van der Waals surface area contributed by atoms with Gasteiger partial charge >= 0.3 is 11.9 Å². The number of ether oxygens (including phenoxy) is 2. The molecule has 0 bridgehead atoms. The number of carbonyl (C=O) groups excluding carboxylic acids is 2. The number of nitrogens with zero attached hydrogens (tertiary/aromatic N) is 2. The first-order valence-corrected chi connectivity index (χ1v) is 8.67. The first-order valence-electron chi connectivity index (χ1n) is 8.67. The van der Waals surface area contributed by atoms with E-state index in [-0.39, 0.29) is 26.1 Å². The van der Waals surface area contributed by atoms with Gasteiger partial charge in [-0.25, -0.2) is 0 Å². The Morgan fingerprint density at radius 3 is 1.38 bits per heavy atom. The summed E-state index contributed by atoms with van der Waals surface area (Å²) in [6, 6.07) is 4.13. The number of rotatable bonds is 11. The van der Waals surface area contributed by atoms with Crippen LogP contribution in [0.2, 0.25) is 0 Å². The van der Waals surface area contributed by atoms with Gasteiger partial charge in [0.2, 0.25) is 0 Å². The molecule has 0 aliphatic rings. The van der Waals surface area contributed by atoms with Gasteiger partial charge in [0.1, 0.15) is 0 Å². The van der Waals surface area contributed by atoms with Crippen molar-refractivity contribution in [1.82, 2.24) is 0 Å². The Labute approximate surface area is 155 Å². The normalized spacial score (nSPS) is 8.69. The predicted molar refractivity (Wildman–Crippen MR) is 94.9 cm³/mol. The van der Waals surface area contributed by atoms with Crippen LogP contribution in [0.3, 0.4) is 0 Å². The Morgan fingerprint density at radius 2 is 1.00 bits per heavy atom. The van der Waals surface area contributed by atoms with Crippen LogP contribution in [0.15, 0.2) is 0 Å². The summed E-state index contributed by atoms with van der Waals surface area (Å²) in [4.78, 5) is 22.9. The van der Waals surface area contributed by atoms with Crippen LogP contribution in [0.25, 0.3) is 0 Å². The molecule has 26 heavy (non-hydrogen) atoms. The Kier molecular flexibility index (Phi) is 16.3.